The van der Waals surface area contributed by atoms with E-state index < -0.39 is 87.6 Å². The molecule has 0 unspecified atom stereocenters. The van der Waals surface area contributed by atoms with Gasteiger partial charge in [-0.15, -0.1) is 0 Å². The largest absolute Gasteiger partial charge is 0.467 e. The van der Waals surface area contributed by atoms with Crippen LogP contribution in [-0.4, -0.2) is 101 Å². The third kappa shape index (κ3) is 13.2. The fraction of sp³-hybridized carbons (Fsp3) is 0.471. The van der Waals surface area contributed by atoms with Gasteiger partial charge in [0.2, 0.25) is 0 Å². The van der Waals surface area contributed by atoms with Crippen molar-refractivity contribution in [1.82, 2.24) is 0 Å². The summed E-state index contributed by atoms with van der Waals surface area (Å²) in [5.41, 5.74) is 12.9. The molecule has 0 bridgehead atoms. The molecule has 16 nitrogen and oxygen atoms in total. The summed E-state index contributed by atoms with van der Waals surface area (Å²) < 4.78 is 64.8. The summed E-state index contributed by atoms with van der Waals surface area (Å²) in [5, 5.41) is 3.86. The van der Waals surface area contributed by atoms with Gasteiger partial charge >= 0.3 is 17.9 Å². The highest BCUT2D eigenvalue weighted by Gasteiger charge is 2.58. The Kier molecular flexibility index (Phi) is 18.5. The van der Waals surface area contributed by atoms with Crippen LogP contribution in [0.3, 0.4) is 0 Å². The van der Waals surface area contributed by atoms with Crippen molar-refractivity contribution in [2.24, 2.45) is 11.0 Å². The first-order valence-corrected chi connectivity index (χ1v) is 25.7. The molecule has 4 aromatic rings. The molecule has 0 aromatic heterocycles. The van der Waals surface area contributed by atoms with Gasteiger partial charge in [0.05, 0.1) is 32.5 Å². The fourth-order valence-corrected chi connectivity index (χ4v) is 10.4. The fourth-order valence-electron chi connectivity index (χ4n) is 7.95. The van der Waals surface area contributed by atoms with Gasteiger partial charge in [0.15, 0.2) is 33.1 Å². The van der Waals surface area contributed by atoms with Crippen LogP contribution in [0.5, 0.6) is 0 Å². The van der Waals surface area contributed by atoms with E-state index in [9.17, 15) is 19.9 Å². The van der Waals surface area contributed by atoms with Crippen LogP contribution in [0.1, 0.15) is 61.7 Å². The van der Waals surface area contributed by atoms with Gasteiger partial charge in [-0.2, -0.15) is 0 Å². The van der Waals surface area contributed by atoms with Crippen LogP contribution in [0.4, 0.5) is 0 Å². The second-order valence-electron chi connectivity index (χ2n) is 18.1. The molecular formula is C51H63N3O13Si. The third-order valence-electron chi connectivity index (χ3n) is 13.0. The van der Waals surface area contributed by atoms with E-state index in [-0.39, 0.29) is 42.9 Å². The molecule has 10 atom stereocenters. The summed E-state index contributed by atoms with van der Waals surface area (Å²) in [6.07, 6.45) is -11.8. The lowest BCUT2D eigenvalue weighted by Crippen LogP contribution is -2.67. The van der Waals surface area contributed by atoms with E-state index in [4.69, 9.17) is 47.1 Å². The lowest BCUT2D eigenvalue weighted by molar-refractivity contribution is -0.348. The summed E-state index contributed by atoms with van der Waals surface area (Å²) in [5.74, 6) is -2.06. The Morgan fingerprint density at radius 1 is 0.706 bits per heavy atom. The van der Waals surface area contributed by atoms with Crippen molar-refractivity contribution in [3.05, 3.63) is 154 Å². The van der Waals surface area contributed by atoms with E-state index in [1.54, 1.807) is 30.3 Å². The molecule has 6 rings (SSSR count). The van der Waals surface area contributed by atoms with Crippen molar-refractivity contribution in [2.75, 3.05) is 13.7 Å². The lowest BCUT2D eigenvalue weighted by Gasteiger charge is -2.51. The summed E-state index contributed by atoms with van der Waals surface area (Å²) in [4.78, 5) is 43.7. The number of benzene rings is 4. The molecule has 0 aliphatic carbocycles. The monoisotopic (exact) mass is 953 g/mol. The number of hydrogen-bond donors (Lipinski definition) is 0. The molecule has 2 saturated heterocycles. The second kappa shape index (κ2) is 24.2. The quantitative estimate of drug-likeness (QED) is 0.0192. The molecule has 2 heterocycles. The maximum atomic E-state index is 14.0. The number of azide groups is 1. The zero-order chi connectivity index (χ0) is 48.8. The first kappa shape index (κ1) is 51.9. The molecule has 0 N–H and O–H groups in total. The SMILES string of the molecule is COC(=O)[C@@H]1O[C@H](O[Si](C)(C)C(C)(C)C(C)C)[C@H](O[C@H]2O[C@H](COC(C)=O)[C@@H](OCc3ccccc3)[C@H](OCc3ccccc3)[C@H]2N=[N+]=[N-])[C@@H](OCc2ccccc2)[C@@H]1OC(=O)c1ccccc1. The van der Waals surface area contributed by atoms with Gasteiger partial charge in [-0.3, -0.25) is 4.79 Å². The molecule has 0 saturated carbocycles. The Hall–Kier alpha value is -5.46. The number of ether oxygens (including phenoxy) is 9. The van der Waals surface area contributed by atoms with Gasteiger partial charge in [-0.25, -0.2) is 9.59 Å². The predicted molar refractivity (Wildman–Crippen MR) is 252 cm³/mol. The zero-order valence-corrected chi connectivity index (χ0v) is 40.9. The molecule has 2 aliphatic rings. The molecule has 0 amide bonds. The Labute approximate surface area is 399 Å². The van der Waals surface area contributed by atoms with Gasteiger partial charge in [0.1, 0.15) is 43.2 Å². The summed E-state index contributed by atoms with van der Waals surface area (Å²) >= 11 is 0. The minimum Gasteiger partial charge on any atom is -0.467 e. The standard InChI is InChI=1S/C51H63N3O13Si/c1-33(2)51(4,5)68(7,8)67-50-46(43(62-31-37-25-17-11-18-26-37)44(45(65-50)48(57)58-6)64-47(56)38-27-19-12-20-28-38)66-49-40(53-54-52)42(61-30-36-23-15-10-16-24-36)41(39(63-49)32-59-34(3)55)60-29-35-21-13-9-14-22-35/h9-28,33,39-46,49-50H,29-32H2,1-8H3/t39-,40-,41-,42-,43+,44+,45-,46-,49-,50-/m1/s1. The first-order valence-electron chi connectivity index (χ1n) is 22.8. The highest BCUT2D eigenvalue weighted by Crippen LogP contribution is 2.47. The number of carbonyl (C=O) groups is 3. The van der Waals surface area contributed by atoms with Crippen molar-refractivity contribution in [3.8, 4) is 0 Å². The van der Waals surface area contributed by atoms with Gasteiger partial charge in [-0.1, -0.05) is 142 Å². The smallest absolute Gasteiger partial charge is 0.339 e. The highest BCUT2D eigenvalue weighted by atomic mass is 28.4. The van der Waals surface area contributed by atoms with E-state index in [2.05, 4.69) is 37.7 Å². The van der Waals surface area contributed by atoms with Crippen LogP contribution in [0, 0.1) is 5.92 Å². The minimum atomic E-state index is -2.92. The molecule has 0 radical (unpaired) electrons. The minimum absolute atomic E-state index is 0.0394. The van der Waals surface area contributed by atoms with Crippen molar-refractivity contribution >= 4 is 26.2 Å². The number of methoxy groups -OCH3 is 1. The number of nitrogens with zero attached hydrogens (tertiary/aromatic N) is 3. The van der Waals surface area contributed by atoms with E-state index >= 15 is 0 Å². The van der Waals surface area contributed by atoms with Crippen LogP contribution in [-0.2, 0) is 76.5 Å². The second-order valence-corrected chi connectivity index (χ2v) is 22.7. The number of esters is 3. The van der Waals surface area contributed by atoms with Crippen LogP contribution in [0.2, 0.25) is 18.1 Å². The van der Waals surface area contributed by atoms with Crippen molar-refractivity contribution in [1.29, 1.82) is 0 Å². The van der Waals surface area contributed by atoms with E-state index in [1.165, 1.54) is 14.0 Å². The Morgan fingerprint density at radius 2 is 1.21 bits per heavy atom. The average Bonchev–Trinajstić information content (AvgIpc) is 3.34. The number of rotatable bonds is 21. The molecule has 68 heavy (non-hydrogen) atoms. The highest BCUT2D eigenvalue weighted by molar-refractivity contribution is 6.74. The van der Waals surface area contributed by atoms with E-state index in [0.717, 1.165) is 16.7 Å². The van der Waals surface area contributed by atoms with Crippen molar-refractivity contribution in [3.63, 3.8) is 0 Å². The summed E-state index contributed by atoms with van der Waals surface area (Å²) in [7, 11) is -1.72. The van der Waals surface area contributed by atoms with Crippen LogP contribution in [0.15, 0.2) is 126 Å². The van der Waals surface area contributed by atoms with Crippen molar-refractivity contribution < 1.29 is 61.4 Å². The van der Waals surface area contributed by atoms with Gasteiger partial charge < -0.3 is 47.1 Å². The van der Waals surface area contributed by atoms with Gasteiger partial charge in [0.25, 0.3) is 0 Å². The molecule has 2 aliphatic heterocycles. The topological polar surface area (TPSA) is 192 Å². The molecule has 17 heteroatoms. The zero-order valence-electron chi connectivity index (χ0n) is 39.9. The van der Waals surface area contributed by atoms with Crippen LogP contribution >= 0.6 is 0 Å². The maximum absolute atomic E-state index is 14.0. The van der Waals surface area contributed by atoms with Crippen LogP contribution < -0.4 is 0 Å². The Bertz CT molecular complexity index is 2270. The van der Waals surface area contributed by atoms with Crippen LogP contribution in [0.25, 0.3) is 10.4 Å². The maximum Gasteiger partial charge on any atom is 0.339 e. The summed E-state index contributed by atoms with van der Waals surface area (Å²) in [6.45, 7) is 13.6. The van der Waals surface area contributed by atoms with E-state index in [1.807, 2.05) is 104 Å². The normalized spacial score (nSPS) is 25.2. The molecular weight excluding hydrogens is 891 g/mol. The first-order chi connectivity index (χ1) is 32.6. The lowest BCUT2D eigenvalue weighted by atomic mass is 9.95. The molecule has 4 aromatic carbocycles. The third-order valence-corrected chi connectivity index (χ3v) is 17.5. The van der Waals surface area contributed by atoms with E-state index in [0.29, 0.717) is 0 Å². The number of hydrogen-bond acceptors (Lipinski definition) is 14. The average molecular weight is 954 g/mol. The summed E-state index contributed by atoms with van der Waals surface area (Å²) in [6, 6.07) is 35.1. The van der Waals surface area contributed by atoms with Crippen molar-refractivity contribution in [2.45, 2.75) is 134 Å². The molecule has 0 spiro atoms. The Balaban J connectivity index is 1.49. The number of carbonyl (C=O) groups excluding carboxylic acids is 3. The Morgan fingerprint density at radius 3 is 1.69 bits per heavy atom. The predicted octanol–water partition coefficient (Wildman–Crippen LogP) is 8.88. The molecule has 364 valence electrons. The van der Waals surface area contributed by atoms with Gasteiger partial charge in [0, 0.05) is 11.8 Å². The molecule has 2 fully saturated rings. The van der Waals surface area contributed by atoms with Gasteiger partial charge in [-0.05, 0) is 58.4 Å².